The molecule has 0 bridgehead atoms. The zero-order valence-electron chi connectivity index (χ0n) is 16.1. The van der Waals surface area contributed by atoms with Crippen molar-refractivity contribution in [3.8, 4) is 5.69 Å². The predicted molar refractivity (Wildman–Crippen MR) is 118 cm³/mol. The van der Waals surface area contributed by atoms with Gasteiger partial charge in [0.1, 0.15) is 0 Å². The molecule has 2 aromatic carbocycles. The van der Waals surface area contributed by atoms with Crippen molar-refractivity contribution in [2.24, 2.45) is 0 Å². The Bertz CT molecular complexity index is 1100. The maximum atomic E-state index is 12.4. The number of carbonyl (C=O) groups excluding carboxylic acids is 2. The number of amides is 2. The molecule has 0 unspecified atom stereocenters. The van der Waals surface area contributed by atoms with Crippen LogP contribution in [0.25, 0.3) is 5.69 Å². The fraction of sp³-hybridized carbons (Fsp3) is 0.0870. The number of thiophene rings is 1. The van der Waals surface area contributed by atoms with E-state index in [1.807, 2.05) is 48.0 Å². The van der Waals surface area contributed by atoms with Crippen LogP contribution in [0.1, 0.15) is 25.6 Å². The van der Waals surface area contributed by atoms with E-state index in [1.54, 1.807) is 41.2 Å². The second-order valence-electron chi connectivity index (χ2n) is 6.63. The Morgan fingerprint density at radius 1 is 0.933 bits per heavy atom. The minimum Gasteiger partial charge on any atom is -0.352 e. The quantitative estimate of drug-likeness (QED) is 0.475. The zero-order valence-corrected chi connectivity index (χ0v) is 16.9. The maximum Gasteiger partial charge on any atom is 0.265 e. The van der Waals surface area contributed by atoms with Gasteiger partial charge in [0.2, 0.25) is 0 Å². The molecule has 4 aromatic rings. The monoisotopic (exact) mass is 416 g/mol. The topological polar surface area (TPSA) is 76.0 Å². The molecule has 2 aromatic heterocycles. The normalized spacial score (nSPS) is 10.5. The van der Waals surface area contributed by atoms with Crippen LogP contribution < -0.4 is 10.6 Å². The molecule has 6 nitrogen and oxygen atoms in total. The fourth-order valence-electron chi connectivity index (χ4n) is 2.96. The Balaban J connectivity index is 1.26. The van der Waals surface area contributed by atoms with Gasteiger partial charge in [0, 0.05) is 30.2 Å². The highest BCUT2D eigenvalue weighted by molar-refractivity contribution is 7.12. The number of rotatable bonds is 7. The first-order valence-corrected chi connectivity index (χ1v) is 10.4. The Morgan fingerprint density at radius 2 is 1.73 bits per heavy atom. The molecule has 0 saturated heterocycles. The molecule has 2 amide bonds. The first kappa shape index (κ1) is 19.6. The van der Waals surface area contributed by atoms with Crippen LogP contribution >= 0.6 is 11.3 Å². The van der Waals surface area contributed by atoms with E-state index in [1.165, 1.54) is 11.3 Å². The summed E-state index contributed by atoms with van der Waals surface area (Å²) in [5.74, 6) is -0.292. The van der Waals surface area contributed by atoms with Crippen molar-refractivity contribution in [2.75, 3.05) is 11.9 Å². The third-order valence-electron chi connectivity index (χ3n) is 4.55. The van der Waals surface area contributed by atoms with E-state index in [0.717, 1.165) is 17.7 Å². The molecular weight excluding hydrogens is 396 g/mol. The summed E-state index contributed by atoms with van der Waals surface area (Å²) in [6.45, 7) is 0.539. The number of nitrogens with zero attached hydrogens (tertiary/aromatic N) is 2. The van der Waals surface area contributed by atoms with Crippen molar-refractivity contribution in [1.82, 2.24) is 15.1 Å². The Labute approximate surface area is 178 Å². The largest absolute Gasteiger partial charge is 0.352 e. The molecule has 30 heavy (non-hydrogen) atoms. The molecule has 0 aliphatic rings. The number of nitrogens with one attached hydrogen (secondary N) is 2. The average Bonchev–Trinajstić information content (AvgIpc) is 3.49. The van der Waals surface area contributed by atoms with Gasteiger partial charge in [0.15, 0.2) is 0 Å². The highest BCUT2D eigenvalue weighted by Gasteiger charge is 2.09. The van der Waals surface area contributed by atoms with Crippen LogP contribution in [0.2, 0.25) is 0 Å². The molecule has 0 aliphatic carbocycles. The van der Waals surface area contributed by atoms with Crippen molar-refractivity contribution in [1.29, 1.82) is 0 Å². The lowest BCUT2D eigenvalue weighted by molar-refractivity contribution is 0.0953. The van der Waals surface area contributed by atoms with Crippen LogP contribution in [0.15, 0.2) is 84.5 Å². The van der Waals surface area contributed by atoms with Crippen LogP contribution in [0.4, 0.5) is 5.69 Å². The third-order valence-corrected chi connectivity index (χ3v) is 5.42. The standard InChI is InChI=1S/C23H20N4O2S/c28-22(18-6-8-19(9-7-18)26-23(29)21-3-1-16-30-21)24-14-12-17-4-10-20(11-5-17)27-15-2-13-25-27/h1-11,13,15-16H,12,14H2,(H,24,28)(H,26,29). The smallest absolute Gasteiger partial charge is 0.265 e. The van der Waals surface area contributed by atoms with E-state index in [-0.39, 0.29) is 11.8 Å². The lowest BCUT2D eigenvalue weighted by atomic mass is 10.1. The van der Waals surface area contributed by atoms with Gasteiger partial charge in [-0.15, -0.1) is 11.3 Å². The van der Waals surface area contributed by atoms with E-state index in [0.29, 0.717) is 22.7 Å². The molecule has 0 spiro atoms. The van der Waals surface area contributed by atoms with Crippen molar-refractivity contribution in [3.05, 3.63) is 101 Å². The molecule has 2 heterocycles. The number of benzene rings is 2. The van der Waals surface area contributed by atoms with E-state index in [2.05, 4.69) is 15.7 Å². The number of aromatic nitrogens is 2. The SMILES string of the molecule is O=C(NCCc1ccc(-n2cccn2)cc1)c1ccc(NC(=O)c2cccs2)cc1. The minimum absolute atomic E-state index is 0.140. The van der Waals surface area contributed by atoms with Gasteiger partial charge in [-0.05, 0) is 65.9 Å². The van der Waals surface area contributed by atoms with Gasteiger partial charge in [-0.25, -0.2) is 4.68 Å². The summed E-state index contributed by atoms with van der Waals surface area (Å²) < 4.78 is 1.80. The minimum atomic E-state index is -0.152. The molecule has 0 atom stereocenters. The van der Waals surface area contributed by atoms with Crippen molar-refractivity contribution in [3.63, 3.8) is 0 Å². The first-order chi connectivity index (χ1) is 14.7. The van der Waals surface area contributed by atoms with Crippen LogP contribution in [-0.4, -0.2) is 28.1 Å². The summed E-state index contributed by atoms with van der Waals surface area (Å²) in [6.07, 6.45) is 4.38. The number of carbonyl (C=O) groups is 2. The molecule has 7 heteroatoms. The van der Waals surface area contributed by atoms with Gasteiger partial charge < -0.3 is 10.6 Å². The van der Waals surface area contributed by atoms with Crippen LogP contribution in [0.5, 0.6) is 0 Å². The molecule has 150 valence electrons. The predicted octanol–water partition coefficient (Wildman–Crippen LogP) is 4.16. The number of hydrogen-bond donors (Lipinski definition) is 2. The van der Waals surface area contributed by atoms with E-state index >= 15 is 0 Å². The summed E-state index contributed by atoms with van der Waals surface area (Å²) in [4.78, 5) is 25.1. The number of hydrogen-bond acceptors (Lipinski definition) is 4. The lowest BCUT2D eigenvalue weighted by Crippen LogP contribution is -2.25. The van der Waals surface area contributed by atoms with Gasteiger partial charge in [0.25, 0.3) is 11.8 Å². The number of anilines is 1. The van der Waals surface area contributed by atoms with Crippen LogP contribution in [-0.2, 0) is 6.42 Å². The van der Waals surface area contributed by atoms with E-state index in [9.17, 15) is 9.59 Å². The summed E-state index contributed by atoms with van der Waals surface area (Å²) in [6, 6.07) is 20.4. The van der Waals surface area contributed by atoms with Gasteiger partial charge in [0.05, 0.1) is 10.6 Å². The van der Waals surface area contributed by atoms with Crippen molar-refractivity contribution in [2.45, 2.75) is 6.42 Å². The molecule has 0 fully saturated rings. The summed E-state index contributed by atoms with van der Waals surface area (Å²) >= 11 is 1.39. The van der Waals surface area contributed by atoms with Gasteiger partial charge in [-0.3, -0.25) is 9.59 Å². The van der Waals surface area contributed by atoms with Crippen molar-refractivity contribution < 1.29 is 9.59 Å². The maximum absolute atomic E-state index is 12.4. The van der Waals surface area contributed by atoms with E-state index < -0.39 is 0 Å². The summed E-state index contributed by atoms with van der Waals surface area (Å²) in [5, 5.41) is 11.8. The Morgan fingerprint density at radius 3 is 2.40 bits per heavy atom. The van der Waals surface area contributed by atoms with Crippen LogP contribution in [0.3, 0.4) is 0 Å². The first-order valence-electron chi connectivity index (χ1n) is 9.51. The highest BCUT2D eigenvalue weighted by Crippen LogP contribution is 2.14. The molecule has 0 saturated carbocycles. The molecule has 4 rings (SSSR count). The Kier molecular flexibility index (Phi) is 6.01. The lowest BCUT2D eigenvalue weighted by Gasteiger charge is -2.08. The second-order valence-corrected chi connectivity index (χ2v) is 7.58. The molecule has 2 N–H and O–H groups in total. The summed E-state index contributed by atoms with van der Waals surface area (Å²) in [5.41, 5.74) is 3.34. The molecular formula is C23H20N4O2S. The summed E-state index contributed by atoms with van der Waals surface area (Å²) in [7, 11) is 0. The molecule has 0 radical (unpaired) electrons. The van der Waals surface area contributed by atoms with Crippen molar-refractivity contribution >= 4 is 28.8 Å². The molecule has 0 aliphatic heterocycles. The second kappa shape index (κ2) is 9.19. The van der Waals surface area contributed by atoms with Gasteiger partial charge >= 0.3 is 0 Å². The highest BCUT2D eigenvalue weighted by atomic mass is 32.1. The Hall–Kier alpha value is -3.71. The van der Waals surface area contributed by atoms with Crippen LogP contribution in [0, 0.1) is 0 Å². The third kappa shape index (κ3) is 4.82. The fourth-order valence-corrected chi connectivity index (χ4v) is 3.58. The van der Waals surface area contributed by atoms with E-state index in [4.69, 9.17) is 0 Å². The zero-order chi connectivity index (χ0) is 20.8. The van der Waals surface area contributed by atoms with Gasteiger partial charge in [-0.2, -0.15) is 5.10 Å². The van der Waals surface area contributed by atoms with Gasteiger partial charge in [-0.1, -0.05) is 18.2 Å². The average molecular weight is 417 g/mol.